The summed E-state index contributed by atoms with van der Waals surface area (Å²) < 4.78 is 18.0. The fourth-order valence-electron chi connectivity index (χ4n) is 4.58. The van der Waals surface area contributed by atoms with Gasteiger partial charge in [-0.05, 0) is 40.8 Å². The minimum atomic E-state index is -1.43. The van der Waals surface area contributed by atoms with Crippen LogP contribution in [-0.4, -0.2) is 58.2 Å². The number of nitrogens with zero attached hydrogens (tertiary/aromatic N) is 1. The highest BCUT2D eigenvalue weighted by molar-refractivity contribution is 7.80. The van der Waals surface area contributed by atoms with E-state index >= 15 is 0 Å². The van der Waals surface area contributed by atoms with Gasteiger partial charge in [0, 0.05) is 49.8 Å². The van der Waals surface area contributed by atoms with Crippen molar-refractivity contribution in [3.8, 4) is 0 Å². The van der Waals surface area contributed by atoms with Crippen molar-refractivity contribution >= 4 is 38.8 Å². The standard InChI is InChI=1S/C27H31N5O2S/c33-27(29-12-11-23-19-30-25-8-4-3-7-24(23)25)26(31-35(34)32-15-13-28-14-16-32)18-20-9-10-21-5-1-2-6-22(21)17-20/h1-10,17,19,26,28,30-31H,11-16,18H2,(H,29,33)/t26-,35?/m1/s1. The lowest BCUT2D eigenvalue weighted by Crippen LogP contribution is -2.53. The fraction of sp³-hybridized carbons (Fsp3) is 0.296. The number of piperazine rings is 1. The number of hydrogen-bond acceptors (Lipinski definition) is 3. The first-order chi connectivity index (χ1) is 17.2. The van der Waals surface area contributed by atoms with Gasteiger partial charge in [0.1, 0.15) is 6.04 Å². The Morgan fingerprint density at radius 1 is 1.00 bits per heavy atom. The van der Waals surface area contributed by atoms with E-state index in [9.17, 15) is 9.00 Å². The highest BCUT2D eigenvalue weighted by Gasteiger charge is 2.25. The van der Waals surface area contributed by atoms with Crippen LogP contribution in [0.4, 0.5) is 0 Å². The summed E-state index contributed by atoms with van der Waals surface area (Å²) in [5, 5.41) is 9.81. The molecule has 7 nitrogen and oxygen atoms in total. The molecule has 1 unspecified atom stereocenters. The van der Waals surface area contributed by atoms with Crippen molar-refractivity contribution in [1.82, 2.24) is 24.6 Å². The monoisotopic (exact) mass is 489 g/mol. The van der Waals surface area contributed by atoms with Gasteiger partial charge in [0.25, 0.3) is 0 Å². The number of H-pyrrole nitrogens is 1. The number of aromatic nitrogens is 1. The minimum absolute atomic E-state index is 0.138. The third-order valence-corrected chi connectivity index (χ3v) is 7.81. The average molecular weight is 490 g/mol. The predicted octanol–water partition coefficient (Wildman–Crippen LogP) is 2.66. The average Bonchev–Trinajstić information content (AvgIpc) is 3.31. The molecule has 1 aliphatic rings. The van der Waals surface area contributed by atoms with Crippen LogP contribution in [0.3, 0.4) is 0 Å². The van der Waals surface area contributed by atoms with E-state index in [2.05, 4.69) is 50.7 Å². The van der Waals surface area contributed by atoms with E-state index in [1.807, 2.05) is 46.9 Å². The zero-order chi connectivity index (χ0) is 24.0. The molecule has 0 radical (unpaired) electrons. The zero-order valence-electron chi connectivity index (χ0n) is 19.6. The quantitative estimate of drug-likeness (QED) is 0.291. The molecule has 1 fully saturated rings. The molecule has 1 aromatic heterocycles. The summed E-state index contributed by atoms with van der Waals surface area (Å²) >= 11 is -1.43. The third-order valence-electron chi connectivity index (χ3n) is 6.49. The molecule has 0 spiro atoms. The van der Waals surface area contributed by atoms with Crippen molar-refractivity contribution in [2.75, 3.05) is 32.7 Å². The van der Waals surface area contributed by atoms with Crippen molar-refractivity contribution in [3.05, 3.63) is 84.1 Å². The first-order valence-corrected chi connectivity index (χ1v) is 13.2. The number of hydrogen-bond donors (Lipinski definition) is 4. The first kappa shape index (κ1) is 23.7. The molecule has 2 heterocycles. The van der Waals surface area contributed by atoms with Gasteiger partial charge in [0.15, 0.2) is 11.2 Å². The van der Waals surface area contributed by atoms with Crippen LogP contribution in [0.25, 0.3) is 21.7 Å². The smallest absolute Gasteiger partial charge is 0.238 e. The van der Waals surface area contributed by atoms with Crippen LogP contribution >= 0.6 is 0 Å². The molecule has 1 saturated heterocycles. The molecule has 4 aromatic rings. The maximum absolute atomic E-state index is 13.3. The fourth-order valence-corrected chi connectivity index (χ4v) is 5.67. The van der Waals surface area contributed by atoms with Gasteiger partial charge in [-0.25, -0.2) is 13.2 Å². The first-order valence-electron chi connectivity index (χ1n) is 12.1. The van der Waals surface area contributed by atoms with Crippen molar-refractivity contribution in [1.29, 1.82) is 0 Å². The SMILES string of the molecule is O=C(NCCc1c[nH]c2ccccc12)[C@@H](Cc1ccc2ccccc2c1)NS(=O)N1CCNCC1. The van der Waals surface area contributed by atoms with Crippen LogP contribution < -0.4 is 15.4 Å². The zero-order valence-corrected chi connectivity index (χ0v) is 20.4. The Kier molecular flexibility index (Phi) is 7.54. The number of benzene rings is 3. The van der Waals surface area contributed by atoms with Gasteiger partial charge in [-0.2, -0.15) is 0 Å². The molecule has 5 rings (SSSR count). The highest BCUT2D eigenvalue weighted by Crippen LogP contribution is 2.19. The Labute approximate surface area is 208 Å². The number of amides is 1. The molecule has 1 aliphatic heterocycles. The Bertz CT molecular complexity index is 1330. The van der Waals surface area contributed by atoms with Gasteiger partial charge in [-0.1, -0.05) is 60.7 Å². The predicted molar refractivity (Wildman–Crippen MR) is 142 cm³/mol. The molecule has 4 N–H and O–H groups in total. The summed E-state index contributed by atoms with van der Waals surface area (Å²) in [5.74, 6) is -0.138. The Morgan fingerprint density at radius 2 is 1.77 bits per heavy atom. The molecule has 2 atom stereocenters. The van der Waals surface area contributed by atoms with Gasteiger partial charge < -0.3 is 15.6 Å². The summed E-state index contributed by atoms with van der Waals surface area (Å²) in [7, 11) is 0. The minimum Gasteiger partial charge on any atom is -0.361 e. The van der Waals surface area contributed by atoms with Crippen molar-refractivity contribution < 1.29 is 9.00 Å². The number of carbonyl (C=O) groups excluding carboxylic acids is 1. The third kappa shape index (κ3) is 5.79. The maximum atomic E-state index is 13.3. The van der Waals surface area contributed by atoms with Crippen LogP contribution in [0, 0.1) is 0 Å². The molecule has 8 heteroatoms. The second kappa shape index (κ2) is 11.1. The lowest BCUT2D eigenvalue weighted by atomic mass is 10.0. The number of aromatic amines is 1. The topological polar surface area (TPSA) is 89.3 Å². The largest absolute Gasteiger partial charge is 0.361 e. The van der Waals surface area contributed by atoms with Crippen molar-refractivity contribution in [2.45, 2.75) is 18.9 Å². The van der Waals surface area contributed by atoms with Gasteiger partial charge in [0.2, 0.25) is 5.91 Å². The normalized spacial score (nSPS) is 16.3. The lowest BCUT2D eigenvalue weighted by Gasteiger charge is -2.28. The highest BCUT2D eigenvalue weighted by atomic mass is 32.2. The molecule has 182 valence electrons. The number of para-hydroxylation sites is 1. The molecule has 0 saturated carbocycles. The second-order valence-corrected chi connectivity index (χ2v) is 10.1. The molecule has 35 heavy (non-hydrogen) atoms. The molecule has 3 aromatic carbocycles. The molecular formula is C27H31N5O2S. The van der Waals surface area contributed by atoms with Crippen molar-refractivity contribution in [2.24, 2.45) is 0 Å². The Balaban J connectivity index is 1.28. The molecule has 0 bridgehead atoms. The van der Waals surface area contributed by atoms with E-state index in [1.54, 1.807) is 0 Å². The molecule has 1 amide bonds. The van der Waals surface area contributed by atoms with E-state index in [-0.39, 0.29) is 5.91 Å². The van der Waals surface area contributed by atoms with Crippen LogP contribution in [0.2, 0.25) is 0 Å². The summed E-state index contributed by atoms with van der Waals surface area (Å²) in [5.41, 5.74) is 3.30. The van der Waals surface area contributed by atoms with Crippen molar-refractivity contribution in [3.63, 3.8) is 0 Å². The van der Waals surface area contributed by atoms with E-state index in [0.717, 1.165) is 41.4 Å². The van der Waals surface area contributed by atoms with E-state index in [1.165, 1.54) is 10.9 Å². The van der Waals surface area contributed by atoms with E-state index < -0.39 is 17.2 Å². The van der Waals surface area contributed by atoms with Crippen LogP contribution in [-0.2, 0) is 28.8 Å². The summed E-state index contributed by atoms with van der Waals surface area (Å²) in [6, 6.07) is 22.0. The van der Waals surface area contributed by atoms with Gasteiger partial charge >= 0.3 is 0 Å². The molecule has 0 aliphatic carbocycles. The van der Waals surface area contributed by atoms with Gasteiger partial charge in [-0.3, -0.25) is 4.79 Å². The van der Waals surface area contributed by atoms with Gasteiger partial charge in [-0.15, -0.1) is 0 Å². The number of fused-ring (bicyclic) bond motifs is 2. The Morgan fingerprint density at radius 3 is 2.63 bits per heavy atom. The summed E-state index contributed by atoms with van der Waals surface area (Å²) in [4.78, 5) is 16.6. The van der Waals surface area contributed by atoms with Crippen LogP contribution in [0.1, 0.15) is 11.1 Å². The molecular weight excluding hydrogens is 458 g/mol. The summed E-state index contributed by atoms with van der Waals surface area (Å²) in [6.07, 6.45) is 3.18. The number of nitrogens with one attached hydrogen (secondary N) is 4. The number of carbonyl (C=O) groups is 1. The maximum Gasteiger partial charge on any atom is 0.238 e. The number of rotatable bonds is 9. The Hall–Kier alpha value is -3.04. The van der Waals surface area contributed by atoms with E-state index in [4.69, 9.17) is 0 Å². The summed E-state index contributed by atoms with van der Waals surface area (Å²) in [6.45, 7) is 3.46. The van der Waals surface area contributed by atoms with Gasteiger partial charge in [0.05, 0.1) is 0 Å². The second-order valence-electron chi connectivity index (χ2n) is 8.88. The van der Waals surface area contributed by atoms with Crippen LogP contribution in [0.5, 0.6) is 0 Å². The van der Waals surface area contributed by atoms with Crippen LogP contribution in [0.15, 0.2) is 72.9 Å². The van der Waals surface area contributed by atoms with E-state index in [0.29, 0.717) is 26.1 Å². The lowest BCUT2D eigenvalue weighted by molar-refractivity contribution is -0.122.